The minimum Gasteiger partial charge on any atom is -0.480 e. The number of hydrogen-bond acceptors (Lipinski definition) is 5. The Bertz CT molecular complexity index is 694. The van der Waals surface area contributed by atoms with Gasteiger partial charge in [0.1, 0.15) is 6.04 Å². The fourth-order valence-electron chi connectivity index (χ4n) is 2.49. The highest BCUT2D eigenvalue weighted by atomic mass is 16.5. The van der Waals surface area contributed by atoms with E-state index < -0.39 is 12.0 Å². The number of hydrogen-bond donors (Lipinski definition) is 1. The number of likely N-dealkylation sites (tertiary alicyclic amines) is 1. The van der Waals surface area contributed by atoms with Gasteiger partial charge in [0.05, 0.1) is 16.6 Å². The van der Waals surface area contributed by atoms with Crippen LogP contribution in [-0.2, 0) is 4.79 Å². The lowest BCUT2D eigenvalue weighted by Gasteiger charge is -2.21. The number of amides is 1. The molecule has 2 aromatic heterocycles. The van der Waals surface area contributed by atoms with Crippen LogP contribution in [0.1, 0.15) is 28.9 Å². The van der Waals surface area contributed by atoms with Crippen molar-refractivity contribution in [2.75, 3.05) is 6.54 Å². The first-order valence-electron chi connectivity index (χ1n) is 6.33. The summed E-state index contributed by atoms with van der Waals surface area (Å²) in [5.41, 5.74) is 1.38. The van der Waals surface area contributed by atoms with Crippen molar-refractivity contribution in [1.29, 1.82) is 0 Å². The maximum Gasteiger partial charge on any atom is 0.326 e. The average molecular weight is 275 g/mol. The zero-order chi connectivity index (χ0) is 14.3. The summed E-state index contributed by atoms with van der Waals surface area (Å²) in [6, 6.07) is 0.898. The summed E-state index contributed by atoms with van der Waals surface area (Å²) in [4.78, 5) is 29.0. The molecule has 3 rings (SSSR count). The molecule has 1 amide bonds. The predicted molar refractivity (Wildman–Crippen MR) is 68.2 cm³/mol. The van der Waals surface area contributed by atoms with Gasteiger partial charge >= 0.3 is 5.97 Å². The predicted octanol–water partition coefficient (Wildman–Crippen LogP) is 1.22. The highest BCUT2D eigenvalue weighted by molar-refractivity contribution is 5.99. The number of aliphatic carboxylic acids is 1. The molecule has 7 heteroatoms. The van der Waals surface area contributed by atoms with Gasteiger partial charge in [-0.2, -0.15) is 0 Å². The molecule has 3 heterocycles. The van der Waals surface area contributed by atoms with Gasteiger partial charge in [-0.1, -0.05) is 5.16 Å². The molecule has 0 spiro atoms. The third-order valence-corrected chi connectivity index (χ3v) is 3.56. The lowest BCUT2D eigenvalue weighted by molar-refractivity contribution is -0.141. The Morgan fingerprint density at radius 2 is 2.30 bits per heavy atom. The Kier molecular flexibility index (Phi) is 2.89. The molecule has 20 heavy (non-hydrogen) atoms. The minimum absolute atomic E-state index is 0.315. The van der Waals surface area contributed by atoms with E-state index in [4.69, 9.17) is 9.63 Å². The van der Waals surface area contributed by atoms with Crippen LogP contribution >= 0.6 is 0 Å². The van der Waals surface area contributed by atoms with Gasteiger partial charge in [0.2, 0.25) is 0 Å². The monoisotopic (exact) mass is 275 g/mol. The lowest BCUT2D eigenvalue weighted by Crippen LogP contribution is -2.40. The Balaban J connectivity index is 1.95. The topological polar surface area (TPSA) is 96.5 Å². The smallest absolute Gasteiger partial charge is 0.326 e. The van der Waals surface area contributed by atoms with Gasteiger partial charge in [-0.3, -0.25) is 4.79 Å². The Morgan fingerprint density at radius 1 is 1.50 bits per heavy atom. The SMILES string of the molecule is Cc1noc2ncc(C(=O)N3CCC[C@H]3C(=O)O)cc12. The Morgan fingerprint density at radius 3 is 3.05 bits per heavy atom. The van der Waals surface area contributed by atoms with Crippen molar-refractivity contribution in [3.8, 4) is 0 Å². The van der Waals surface area contributed by atoms with Crippen LogP contribution in [0.3, 0.4) is 0 Å². The molecule has 0 aromatic carbocycles. The minimum atomic E-state index is -0.967. The summed E-state index contributed by atoms with van der Waals surface area (Å²) >= 11 is 0. The van der Waals surface area contributed by atoms with Crippen LogP contribution in [0.15, 0.2) is 16.8 Å². The summed E-state index contributed by atoms with van der Waals surface area (Å²) in [7, 11) is 0. The second kappa shape index (κ2) is 4.59. The molecule has 1 atom stereocenters. The molecule has 0 unspecified atom stereocenters. The highest BCUT2D eigenvalue weighted by Gasteiger charge is 2.34. The van der Waals surface area contributed by atoms with E-state index in [0.717, 1.165) is 0 Å². The molecule has 0 saturated carbocycles. The lowest BCUT2D eigenvalue weighted by atomic mass is 10.1. The van der Waals surface area contributed by atoms with Crippen molar-refractivity contribution in [1.82, 2.24) is 15.0 Å². The van der Waals surface area contributed by atoms with Gasteiger partial charge in [0, 0.05) is 12.7 Å². The Hall–Kier alpha value is -2.44. The van der Waals surface area contributed by atoms with E-state index in [1.54, 1.807) is 13.0 Å². The van der Waals surface area contributed by atoms with Gasteiger partial charge < -0.3 is 14.5 Å². The molecule has 1 saturated heterocycles. The van der Waals surface area contributed by atoms with E-state index in [9.17, 15) is 9.59 Å². The molecule has 1 aliphatic heterocycles. The molecular formula is C13H13N3O4. The van der Waals surface area contributed by atoms with E-state index in [1.165, 1.54) is 11.1 Å². The van der Waals surface area contributed by atoms with Crippen LogP contribution in [0.4, 0.5) is 0 Å². The second-order valence-corrected chi connectivity index (χ2v) is 4.84. The number of carboxylic acid groups (broad SMARTS) is 1. The second-order valence-electron chi connectivity index (χ2n) is 4.84. The number of rotatable bonds is 2. The normalized spacial score (nSPS) is 18.6. The van der Waals surface area contributed by atoms with Gasteiger partial charge in [-0.15, -0.1) is 0 Å². The molecule has 2 aromatic rings. The van der Waals surface area contributed by atoms with E-state index in [2.05, 4.69) is 10.1 Å². The fraction of sp³-hybridized carbons (Fsp3) is 0.385. The number of nitrogens with zero attached hydrogens (tertiary/aromatic N) is 3. The van der Waals surface area contributed by atoms with Crippen LogP contribution in [0.5, 0.6) is 0 Å². The van der Waals surface area contributed by atoms with Crippen LogP contribution in [0, 0.1) is 6.92 Å². The van der Waals surface area contributed by atoms with Crippen molar-refractivity contribution >= 4 is 23.0 Å². The summed E-state index contributed by atoms with van der Waals surface area (Å²) in [5.74, 6) is -1.28. The molecular weight excluding hydrogens is 262 g/mol. The third kappa shape index (κ3) is 1.91. The van der Waals surface area contributed by atoms with Gasteiger partial charge in [-0.25, -0.2) is 9.78 Å². The maximum atomic E-state index is 12.4. The van der Waals surface area contributed by atoms with Crippen LogP contribution in [0.2, 0.25) is 0 Å². The van der Waals surface area contributed by atoms with Crippen molar-refractivity contribution < 1.29 is 19.2 Å². The molecule has 0 bridgehead atoms. The van der Waals surface area contributed by atoms with E-state index in [0.29, 0.717) is 41.7 Å². The number of carbonyl (C=O) groups is 2. The summed E-state index contributed by atoms with van der Waals surface area (Å²) in [5, 5.41) is 13.6. The van der Waals surface area contributed by atoms with Gasteiger partial charge in [0.25, 0.3) is 11.6 Å². The largest absolute Gasteiger partial charge is 0.480 e. The fourth-order valence-corrected chi connectivity index (χ4v) is 2.49. The maximum absolute atomic E-state index is 12.4. The van der Waals surface area contributed by atoms with Crippen molar-refractivity contribution in [2.45, 2.75) is 25.8 Å². The standard InChI is InChI=1S/C13H13N3O4/c1-7-9-5-8(6-14-11(9)20-15-7)12(17)16-4-2-3-10(16)13(18)19/h5-6,10H,2-4H2,1H3,(H,18,19)/t10-/m0/s1. The van der Waals surface area contributed by atoms with E-state index >= 15 is 0 Å². The summed E-state index contributed by atoms with van der Waals surface area (Å²) in [6.45, 7) is 2.22. The van der Waals surface area contributed by atoms with Crippen molar-refractivity contribution in [3.63, 3.8) is 0 Å². The zero-order valence-corrected chi connectivity index (χ0v) is 10.9. The van der Waals surface area contributed by atoms with Crippen LogP contribution in [-0.4, -0.2) is 44.6 Å². The van der Waals surface area contributed by atoms with Crippen molar-refractivity contribution in [3.05, 3.63) is 23.5 Å². The molecule has 0 aliphatic carbocycles. The molecule has 104 valence electrons. The quantitative estimate of drug-likeness (QED) is 0.885. The molecule has 0 radical (unpaired) electrons. The average Bonchev–Trinajstić information content (AvgIpc) is 3.05. The van der Waals surface area contributed by atoms with E-state index in [-0.39, 0.29) is 5.91 Å². The molecule has 1 fully saturated rings. The number of pyridine rings is 1. The summed E-state index contributed by atoms with van der Waals surface area (Å²) < 4.78 is 4.99. The first-order valence-corrected chi connectivity index (χ1v) is 6.33. The van der Waals surface area contributed by atoms with Crippen LogP contribution < -0.4 is 0 Å². The molecule has 7 nitrogen and oxygen atoms in total. The van der Waals surface area contributed by atoms with Gasteiger partial charge in [-0.05, 0) is 25.8 Å². The highest BCUT2D eigenvalue weighted by Crippen LogP contribution is 2.22. The number of aryl methyl sites for hydroxylation is 1. The van der Waals surface area contributed by atoms with Gasteiger partial charge in [0.15, 0.2) is 0 Å². The van der Waals surface area contributed by atoms with E-state index in [1.807, 2.05) is 0 Å². The van der Waals surface area contributed by atoms with Crippen molar-refractivity contribution in [2.24, 2.45) is 0 Å². The molecule has 1 aliphatic rings. The first-order chi connectivity index (χ1) is 9.58. The number of fused-ring (bicyclic) bond motifs is 1. The number of carboxylic acids is 1. The number of carbonyl (C=O) groups excluding carboxylic acids is 1. The first kappa shape index (κ1) is 12.6. The Labute approximate surface area is 114 Å². The number of aromatic nitrogens is 2. The third-order valence-electron chi connectivity index (χ3n) is 3.56. The summed E-state index contributed by atoms with van der Waals surface area (Å²) in [6.07, 6.45) is 2.58. The molecule has 1 N–H and O–H groups in total. The zero-order valence-electron chi connectivity index (χ0n) is 10.9. The van der Waals surface area contributed by atoms with Crippen LogP contribution in [0.25, 0.3) is 11.1 Å².